The Morgan fingerprint density at radius 1 is 1.06 bits per heavy atom. The Kier molecular flexibility index (Phi) is 9.67. The zero-order valence-corrected chi connectivity index (χ0v) is 22.0. The van der Waals surface area contributed by atoms with Gasteiger partial charge >= 0.3 is 0 Å². The summed E-state index contributed by atoms with van der Waals surface area (Å²) < 4.78 is 26.7. The van der Waals surface area contributed by atoms with E-state index in [2.05, 4.69) is 5.32 Å². The summed E-state index contributed by atoms with van der Waals surface area (Å²) in [5.74, 6) is -0.492. The van der Waals surface area contributed by atoms with Gasteiger partial charge in [0.25, 0.3) is 0 Å². The number of amides is 2. The number of carbonyl (C=O) groups excluding carboxylic acids is 2. The summed E-state index contributed by atoms with van der Waals surface area (Å²) in [4.78, 5) is 27.7. The van der Waals surface area contributed by atoms with E-state index in [1.54, 1.807) is 55.5 Å². The van der Waals surface area contributed by atoms with Crippen LogP contribution in [0.5, 0.6) is 0 Å². The average molecular weight is 508 g/mol. The average Bonchev–Trinajstić information content (AvgIpc) is 2.76. The number of benzene rings is 2. The van der Waals surface area contributed by atoms with Crippen LogP contribution in [0.3, 0.4) is 0 Å². The van der Waals surface area contributed by atoms with Crippen LogP contribution >= 0.6 is 11.6 Å². The predicted molar refractivity (Wildman–Crippen MR) is 135 cm³/mol. The van der Waals surface area contributed by atoms with E-state index in [9.17, 15) is 18.0 Å². The number of sulfonamides is 1. The molecule has 2 aromatic rings. The second-order valence-corrected chi connectivity index (χ2v) is 11.8. The van der Waals surface area contributed by atoms with Gasteiger partial charge in [0.1, 0.15) is 6.04 Å². The molecule has 0 saturated carbocycles. The molecule has 186 valence electrons. The zero-order valence-electron chi connectivity index (χ0n) is 20.4. The smallest absolute Gasteiger partial charge is 0.242 e. The first-order valence-corrected chi connectivity index (χ1v) is 13.0. The lowest BCUT2D eigenvalue weighted by atomic mass is 10.1. The van der Waals surface area contributed by atoms with Crippen LogP contribution in [0.2, 0.25) is 5.02 Å². The molecule has 7 nitrogen and oxygen atoms in total. The van der Waals surface area contributed by atoms with Crippen LogP contribution in [0.25, 0.3) is 0 Å². The Balaban J connectivity index is 2.10. The molecule has 0 aliphatic carbocycles. The van der Waals surface area contributed by atoms with Crippen LogP contribution in [0.15, 0.2) is 59.5 Å². The number of carbonyl (C=O) groups is 2. The molecule has 9 heteroatoms. The molecule has 0 unspecified atom stereocenters. The monoisotopic (exact) mass is 507 g/mol. The zero-order chi connectivity index (χ0) is 25.5. The van der Waals surface area contributed by atoms with Gasteiger partial charge in [0.2, 0.25) is 21.8 Å². The molecule has 0 radical (unpaired) electrons. The number of rotatable bonds is 10. The standard InChI is InChI=1S/C25H34ClN3O4S/c1-19(24(31)27-25(2,3)4)29(18-20-11-9-12-21(26)17-20)23(30)15-10-16-28(5)34(32,33)22-13-7-6-8-14-22/h6-9,11-14,17,19H,10,15-16,18H2,1-5H3,(H,27,31)/t19-/m0/s1. The molecule has 0 aliphatic heterocycles. The predicted octanol–water partition coefficient (Wildman–Crippen LogP) is 4.07. The number of nitrogens with zero attached hydrogens (tertiary/aromatic N) is 2. The molecule has 2 aromatic carbocycles. The molecule has 0 aromatic heterocycles. The molecule has 0 saturated heterocycles. The van der Waals surface area contributed by atoms with Crippen LogP contribution in [0.1, 0.15) is 46.1 Å². The van der Waals surface area contributed by atoms with Crippen LogP contribution < -0.4 is 5.32 Å². The van der Waals surface area contributed by atoms with Crippen molar-refractivity contribution >= 4 is 33.4 Å². The number of hydrogen-bond donors (Lipinski definition) is 1. The molecule has 1 atom stereocenters. The first-order chi connectivity index (χ1) is 15.8. The Morgan fingerprint density at radius 2 is 1.71 bits per heavy atom. The van der Waals surface area contributed by atoms with Crippen molar-refractivity contribution in [2.24, 2.45) is 0 Å². The van der Waals surface area contributed by atoms with Gasteiger partial charge in [-0.25, -0.2) is 12.7 Å². The van der Waals surface area contributed by atoms with E-state index in [4.69, 9.17) is 11.6 Å². The Hall–Kier alpha value is -2.42. The van der Waals surface area contributed by atoms with Gasteiger partial charge in [0.15, 0.2) is 0 Å². The van der Waals surface area contributed by atoms with E-state index in [-0.39, 0.29) is 36.2 Å². The maximum atomic E-state index is 13.2. The molecule has 1 N–H and O–H groups in total. The van der Waals surface area contributed by atoms with E-state index >= 15 is 0 Å². The second-order valence-electron chi connectivity index (χ2n) is 9.31. The van der Waals surface area contributed by atoms with Crippen molar-refractivity contribution in [3.8, 4) is 0 Å². The molecule has 2 rings (SSSR count). The highest BCUT2D eigenvalue weighted by Gasteiger charge is 2.28. The first kappa shape index (κ1) is 27.8. The topological polar surface area (TPSA) is 86.8 Å². The Labute approximate surface area is 208 Å². The lowest BCUT2D eigenvalue weighted by Crippen LogP contribution is -2.52. The van der Waals surface area contributed by atoms with Gasteiger partial charge in [0.05, 0.1) is 4.90 Å². The summed E-state index contributed by atoms with van der Waals surface area (Å²) in [5.41, 5.74) is 0.366. The maximum Gasteiger partial charge on any atom is 0.242 e. The normalized spacial score (nSPS) is 12.9. The number of hydrogen-bond acceptors (Lipinski definition) is 4. The Bertz CT molecular complexity index is 1080. The molecule has 0 aliphatic rings. The molecular formula is C25H34ClN3O4S. The minimum absolute atomic E-state index is 0.0996. The molecule has 0 heterocycles. The van der Waals surface area contributed by atoms with Gasteiger partial charge in [0, 0.05) is 37.1 Å². The van der Waals surface area contributed by atoms with Gasteiger partial charge in [-0.3, -0.25) is 9.59 Å². The summed E-state index contributed by atoms with van der Waals surface area (Å²) in [6.45, 7) is 7.72. The number of halogens is 1. The summed E-state index contributed by atoms with van der Waals surface area (Å²) in [6, 6.07) is 14.6. The summed E-state index contributed by atoms with van der Waals surface area (Å²) in [6.07, 6.45) is 0.420. The highest BCUT2D eigenvalue weighted by atomic mass is 35.5. The molecule has 2 amide bonds. The van der Waals surface area contributed by atoms with Gasteiger partial charge in [-0.15, -0.1) is 0 Å². The summed E-state index contributed by atoms with van der Waals surface area (Å²) in [5, 5.41) is 3.46. The van der Waals surface area contributed by atoms with Crippen molar-refractivity contribution < 1.29 is 18.0 Å². The minimum atomic E-state index is -3.63. The first-order valence-electron chi connectivity index (χ1n) is 11.2. The molecule has 0 spiro atoms. The van der Waals surface area contributed by atoms with Crippen molar-refractivity contribution in [1.29, 1.82) is 0 Å². The molecule has 0 bridgehead atoms. The fraction of sp³-hybridized carbons (Fsp3) is 0.440. The number of nitrogens with one attached hydrogen (secondary N) is 1. The van der Waals surface area contributed by atoms with E-state index in [1.165, 1.54) is 16.3 Å². The van der Waals surface area contributed by atoms with Crippen molar-refractivity contribution in [3.63, 3.8) is 0 Å². The van der Waals surface area contributed by atoms with E-state index in [0.717, 1.165) is 5.56 Å². The summed E-state index contributed by atoms with van der Waals surface area (Å²) in [7, 11) is -2.13. The van der Waals surface area contributed by atoms with Gasteiger partial charge < -0.3 is 10.2 Å². The van der Waals surface area contributed by atoms with Crippen LogP contribution in [-0.2, 0) is 26.2 Å². The summed E-state index contributed by atoms with van der Waals surface area (Å²) >= 11 is 6.10. The van der Waals surface area contributed by atoms with Crippen molar-refractivity contribution in [2.45, 2.75) is 63.6 Å². The van der Waals surface area contributed by atoms with Gasteiger partial charge in [-0.1, -0.05) is 41.9 Å². The SMILES string of the molecule is C[C@@H](C(=O)NC(C)(C)C)N(Cc1cccc(Cl)c1)C(=O)CCCN(C)S(=O)(=O)c1ccccc1. The quantitative estimate of drug-likeness (QED) is 0.525. The lowest BCUT2D eigenvalue weighted by molar-refractivity contribution is -0.141. The second kappa shape index (κ2) is 11.8. The third-order valence-electron chi connectivity index (χ3n) is 5.22. The Morgan fingerprint density at radius 3 is 2.29 bits per heavy atom. The van der Waals surface area contributed by atoms with Crippen molar-refractivity contribution in [1.82, 2.24) is 14.5 Å². The van der Waals surface area contributed by atoms with Crippen molar-refractivity contribution in [3.05, 3.63) is 65.2 Å². The maximum absolute atomic E-state index is 13.2. The van der Waals surface area contributed by atoms with Crippen LogP contribution in [0.4, 0.5) is 0 Å². The van der Waals surface area contributed by atoms with E-state index < -0.39 is 21.6 Å². The fourth-order valence-electron chi connectivity index (χ4n) is 3.38. The fourth-order valence-corrected chi connectivity index (χ4v) is 4.82. The minimum Gasteiger partial charge on any atom is -0.350 e. The van der Waals surface area contributed by atoms with Gasteiger partial charge in [-0.2, -0.15) is 0 Å². The largest absolute Gasteiger partial charge is 0.350 e. The van der Waals surface area contributed by atoms with Crippen LogP contribution in [0, 0.1) is 0 Å². The van der Waals surface area contributed by atoms with Crippen LogP contribution in [-0.4, -0.2) is 54.6 Å². The third kappa shape index (κ3) is 8.11. The highest BCUT2D eigenvalue weighted by Crippen LogP contribution is 2.18. The van der Waals surface area contributed by atoms with E-state index in [0.29, 0.717) is 11.4 Å². The molecular weight excluding hydrogens is 474 g/mol. The lowest BCUT2D eigenvalue weighted by Gasteiger charge is -2.31. The van der Waals surface area contributed by atoms with E-state index in [1.807, 2.05) is 26.8 Å². The van der Waals surface area contributed by atoms with Gasteiger partial charge in [-0.05, 0) is 63.9 Å². The highest BCUT2D eigenvalue weighted by molar-refractivity contribution is 7.89. The molecule has 0 fully saturated rings. The molecule has 34 heavy (non-hydrogen) atoms. The van der Waals surface area contributed by atoms with Crippen molar-refractivity contribution in [2.75, 3.05) is 13.6 Å². The third-order valence-corrected chi connectivity index (χ3v) is 7.33.